The predicted molar refractivity (Wildman–Crippen MR) is 78.9 cm³/mol. The van der Waals surface area contributed by atoms with Gasteiger partial charge in [-0.25, -0.2) is 9.97 Å². The molecule has 3 rings (SSSR count). The Labute approximate surface area is 117 Å². The molecule has 0 aliphatic carbocycles. The number of rotatable bonds is 4. The smallest absolute Gasteiger partial charge is 0.183 e. The van der Waals surface area contributed by atoms with E-state index < -0.39 is 0 Å². The van der Waals surface area contributed by atoms with E-state index in [2.05, 4.69) is 20.7 Å². The van der Waals surface area contributed by atoms with Gasteiger partial charge in [-0.05, 0) is 12.1 Å². The Morgan fingerprint density at radius 3 is 3.06 bits per heavy atom. The number of thiazole rings is 2. The van der Waals surface area contributed by atoms with E-state index in [0.29, 0.717) is 0 Å². The second kappa shape index (κ2) is 5.22. The van der Waals surface area contributed by atoms with Crippen molar-refractivity contribution in [2.45, 2.75) is 6.42 Å². The molecule has 92 valence electrons. The third-order valence-electron chi connectivity index (χ3n) is 2.51. The van der Waals surface area contributed by atoms with E-state index in [9.17, 15) is 0 Å². The van der Waals surface area contributed by atoms with Crippen LogP contribution in [0, 0.1) is 0 Å². The summed E-state index contributed by atoms with van der Waals surface area (Å²) in [5.41, 5.74) is 3.92. The van der Waals surface area contributed by atoms with Gasteiger partial charge >= 0.3 is 0 Å². The largest absolute Gasteiger partial charge is 0.361 e. The molecule has 3 nitrogen and oxygen atoms in total. The quantitative estimate of drug-likeness (QED) is 0.789. The molecule has 3 aromatic rings. The van der Waals surface area contributed by atoms with Crippen LogP contribution in [0.25, 0.3) is 10.2 Å². The van der Waals surface area contributed by atoms with Crippen LogP contribution in [0.5, 0.6) is 0 Å². The molecule has 0 fully saturated rings. The van der Waals surface area contributed by atoms with E-state index in [1.807, 2.05) is 23.7 Å². The Bertz CT molecular complexity index is 648. The molecule has 6 heteroatoms. The number of nitrogens with one attached hydrogen (secondary N) is 1. The van der Waals surface area contributed by atoms with E-state index in [-0.39, 0.29) is 0 Å². The fourth-order valence-corrected chi connectivity index (χ4v) is 3.42. The van der Waals surface area contributed by atoms with Gasteiger partial charge in [0, 0.05) is 18.3 Å². The molecule has 2 heterocycles. The fraction of sp³-hybridized carbons (Fsp3) is 0.167. The molecule has 0 bridgehead atoms. The molecule has 0 aliphatic heterocycles. The molecule has 0 aliphatic rings. The van der Waals surface area contributed by atoms with Crippen molar-refractivity contribution in [1.29, 1.82) is 0 Å². The van der Waals surface area contributed by atoms with Crippen molar-refractivity contribution in [3.63, 3.8) is 0 Å². The maximum absolute atomic E-state index is 6.12. The van der Waals surface area contributed by atoms with Gasteiger partial charge in [0.15, 0.2) is 5.13 Å². The summed E-state index contributed by atoms with van der Waals surface area (Å²) < 4.78 is 1.04. The number of nitrogens with zero attached hydrogens (tertiary/aromatic N) is 2. The zero-order valence-electron chi connectivity index (χ0n) is 9.39. The summed E-state index contributed by atoms with van der Waals surface area (Å²) in [7, 11) is 0. The van der Waals surface area contributed by atoms with Crippen molar-refractivity contribution >= 4 is 49.6 Å². The second-order valence-electron chi connectivity index (χ2n) is 3.76. The Morgan fingerprint density at radius 1 is 1.33 bits per heavy atom. The van der Waals surface area contributed by atoms with Crippen LogP contribution in [-0.2, 0) is 6.42 Å². The van der Waals surface area contributed by atoms with Gasteiger partial charge < -0.3 is 5.32 Å². The SMILES string of the molecule is Clc1cccc2nc(NCCc3cscn3)sc12. The number of halogens is 1. The van der Waals surface area contributed by atoms with E-state index in [0.717, 1.165) is 39.0 Å². The van der Waals surface area contributed by atoms with E-state index in [4.69, 9.17) is 11.6 Å². The molecule has 1 aromatic carbocycles. The van der Waals surface area contributed by atoms with Crippen molar-refractivity contribution in [3.05, 3.63) is 39.8 Å². The minimum absolute atomic E-state index is 0.762. The normalized spacial score (nSPS) is 10.9. The molecular formula is C12H10ClN3S2. The van der Waals surface area contributed by atoms with Crippen LogP contribution in [0.1, 0.15) is 5.69 Å². The summed E-state index contributed by atoms with van der Waals surface area (Å²) in [6, 6.07) is 5.79. The summed E-state index contributed by atoms with van der Waals surface area (Å²) in [5, 5.41) is 7.05. The number of anilines is 1. The molecule has 1 N–H and O–H groups in total. The highest BCUT2D eigenvalue weighted by Gasteiger charge is 2.06. The lowest BCUT2D eigenvalue weighted by Crippen LogP contribution is -2.04. The number of benzene rings is 1. The number of fused-ring (bicyclic) bond motifs is 1. The van der Waals surface area contributed by atoms with E-state index >= 15 is 0 Å². The van der Waals surface area contributed by atoms with Gasteiger partial charge in [-0.15, -0.1) is 11.3 Å². The zero-order chi connectivity index (χ0) is 12.4. The summed E-state index contributed by atoms with van der Waals surface area (Å²) in [6.45, 7) is 0.834. The Kier molecular flexibility index (Phi) is 3.45. The van der Waals surface area contributed by atoms with Gasteiger partial charge in [-0.2, -0.15) is 0 Å². The third-order valence-corrected chi connectivity index (χ3v) is 4.63. The molecular weight excluding hydrogens is 286 g/mol. The first-order chi connectivity index (χ1) is 8.83. The molecule has 0 unspecified atom stereocenters. The first kappa shape index (κ1) is 11.9. The van der Waals surface area contributed by atoms with Crippen LogP contribution in [0.3, 0.4) is 0 Å². The molecule has 2 aromatic heterocycles. The summed E-state index contributed by atoms with van der Waals surface area (Å²) in [5.74, 6) is 0. The minimum Gasteiger partial charge on any atom is -0.361 e. The number of hydrogen-bond acceptors (Lipinski definition) is 5. The molecule has 0 atom stereocenters. The topological polar surface area (TPSA) is 37.8 Å². The highest BCUT2D eigenvalue weighted by molar-refractivity contribution is 7.22. The Morgan fingerprint density at radius 2 is 2.28 bits per heavy atom. The molecule has 0 saturated carbocycles. The average Bonchev–Trinajstić information content (AvgIpc) is 2.98. The first-order valence-corrected chi connectivity index (χ1v) is 7.62. The van der Waals surface area contributed by atoms with Crippen molar-refractivity contribution < 1.29 is 0 Å². The summed E-state index contributed by atoms with van der Waals surface area (Å²) in [4.78, 5) is 8.74. The number of aromatic nitrogens is 2. The van der Waals surface area contributed by atoms with Crippen molar-refractivity contribution in [1.82, 2.24) is 9.97 Å². The third kappa shape index (κ3) is 2.48. The highest BCUT2D eigenvalue weighted by Crippen LogP contribution is 2.31. The van der Waals surface area contributed by atoms with Crippen molar-refractivity contribution in [3.8, 4) is 0 Å². The van der Waals surface area contributed by atoms with Crippen LogP contribution >= 0.6 is 34.3 Å². The van der Waals surface area contributed by atoms with E-state index in [1.165, 1.54) is 0 Å². The van der Waals surface area contributed by atoms with Crippen LogP contribution in [-0.4, -0.2) is 16.5 Å². The Hall–Kier alpha value is -1.17. The standard InChI is InChI=1S/C12H10ClN3S2/c13-9-2-1-3-10-11(9)18-12(16-10)14-5-4-8-6-17-7-15-8/h1-3,6-7H,4-5H2,(H,14,16). The molecule has 0 saturated heterocycles. The zero-order valence-corrected chi connectivity index (χ0v) is 11.8. The average molecular weight is 296 g/mol. The molecule has 0 spiro atoms. The van der Waals surface area contributed by atoms with Gasteiger partial charge in [-0.3, -0.25) is 0 Å². The summed E-state index contributed by atoms with van der Waals surface area (Å²) in [6.07, 6.45) is 0.910. The van der Waals surface area contributed by atoms with Crippen molar-refractivity contribution in [2.75, 3.05) is 11.9 Å². The molecule has 0 amide bonds. The fourth-order valence-electron chi connectivity index (χ4n) is 1.65. The minimum atomic E-state index is 0.762. The lowest BCUT2D eigenvalue weighted by atomic mass is 10.3. The van der Waals surface area contributed by atoms with E-state index in [1.54, 1.807) is 22.7 Å². The van der Waals surface area contributed by atoms with Crippen LogP contribution in [0.2, 0.25) is 5.02 Å². The lowest BCUT2D eigenvalue weighted by molar-refractivity contribution is 0.975. The van der Waals surface area contributed by atoms with Gasteiger partial charge in [0.1, 0.15) is 0 Å². The first-order valence-electron chi connectivity index (χ1n) is 5.49. The van der Waals surface area contributed by atoms with Crippen LogP contribution in [0.4, 0.5) is 5.13 Å². The maximum Gasteiger partial charge on any atom is 0.183 e. The van der Waals surface area contributed by atoms with Gasteiger partial charge in [0.05, 0.1) is 26.4 Å². The second-order valence-corrected chi connectivity index (χ2v) is 5.89. The lowest BCUT2D eigenvalue weighted by Gasteiger charge is -1.99. The van der Waals surface area contributed by atoms with Gasteiger partial charge in [0.25, 0.3) is 0 Å². The van der Waals surface area contributed by atoms with Crippen LogP contribution in [0.15, 0.2) is 29.1 Å². The van der Waals surface area contributed by atoms with Gasteiger partial charge in [-0.1, -0.05) is 29.0 Å². The summed E-state index contributed by atoms with van der Waals surface area (Å²) >= 11 is 9.33. The van der Waals surface area contributed by atoms with Gasteiger partial charge in [0.2, 0.25) is 0 Å². The maximum atomic E-state index is 6.12. The molecule has 18 heavy (non-hydrogen) atoms. The predicted octanol–water partition coefficient (Wildman–Crippen LogP) is 4.06. The highest BCUT2D eigenvalue weighted by atomic mass is 35.5. The monoisotopic (exact) mass is 295 g/mol. The van der Waals surface area contributed by atoms with Crippen LogP contribution < -0.4 is 5.32 Å². The number of hydrogen-bond donors (Lipinski definition) is 1. The molecule has 0 radical (unpaired) electrons. The van der Waals surface area contributed by atoms with Crippen molar-refractivity contribution in [2.24, 2.45) is 0 Å². The Balaban J connectivity index is 1.69.